The molecule has 0 aromatic carbocycles. The number of aromatic nitrogens is 2. The predicted octanol–water partition coefficient (Wildman–Crippen LogP) is 2.40. The van der Waals surface area contributed by atoms with E-state index >= 15 is 0 Å². The van der Waals surface area contributed by atoms with Crippen LogP contribution in [-0.4, -0.2) is 21.5 Å². The Morgan fingerprint density at radius 2 is 1.78 bits per heavy atom. The Morgan fingerprint density at radius 1 is 1.11 bits per heavy atom. The molecule has 18 heavy (non-hydrogen) atoms. The van der Waals surface area contributed by atoms with Crippen molar-refractivity contribution in [2.24, 2.45) is 0 Å². The molecule has 0 unspecified atom stereocenters. The molecule has 0 aliphatic heterocycles. The summed E-state index contributed by atoms with van der Waals surface area (Å²) >= 11 is 0. The van der Waals surface area contributed by atoms with Crippen LogP contribution in [0.5, 0.6) is 0 Å². The summed E-state index contributed by atoms with van der Waals surface area (Å²) in [4.78, 5) is 31.5. The van der Waals surface area contributed by atoms with Crippen LogP contribution in [0.2, 0.25) is 0 Å². The highest BCUT2D eigenvalue weighted by atomic mass is 16.2. The third-order valence-electron chi connectivity index (χ3n) is 3.36. The average molecular weight is 242 g/mol. The molecule has 0 spiro atoms. The Bertz CT molecular complexity index is 618. The Morgan fingerprint density at radius 3 is 2.44 bits per heavy atom. The maximum absolute atomic E-state index is 12.0. The van der Waals surface area contributed by atoms with E-state index in [1.807, 2.05) is 26.0 Å². The van der Waals surface area contributed by atoms with E-state index in [0.29, 0.717) is 17.0 Å². The molecule has 4 nitrogen and oxygen atoms in total. The molecule has 2 aliphatic rings. The van der Waals surface area contributed by atoms with Gasteiger partial charge in [0, 0.05) is 17.1 Å². The second kappa shape index (κ2) is 3.77. The summed E-state index contributed by atoms with van der Waals surface area (Å²) in [5.74, 6) is 0.0890. The highest BCUT2D eigenvalue weighted by molar-refractivity contribution is 6.54. The van der Waals surface area contributed by atoms with Crippen molar-refractivity contribution in [3.05, 3.63) is 34.9 Å². The van der Waals surface area contributed by atoms with Gasteiger partial charge in [-0.3, -0.25) is 9.59 Å². The van der Waals surface area contributed by atoms with Crippen molar-refractivity contribution < 1.29 is 9.59 Å². The van der Waals surface area contributed by atoms with Crippen LogP contribution in [0.3, 0.4) is 0 Å². The number of nitrogens with one attached hydrogen (secondary N) is 1. The molecule has 92 valence electrons. The van der Waals surface area contributed by atoms with Crippen molar-refractivity contribution in [1.82, 2.24) is 9.97 Å². The van der Waals surface area contributed by atoms with Crippen LogP contribution in [-0.2, 0) is 4.79 Å². The zero-order valence-corrected chi connectivity index (χ0v) is 10.4. The Kier molecular flexibility index (Phi) is 2.33. The summed E-state index contributed by atoms with van der Waals surface area (Å²) in [6, 6.07) is 0. The van der Waals surface area contributed by atoms with Gasteiger partial charge >= 0.3 is 0 Å². The molecule has 1 N–H and O–H groups in total. The van der Waals surface area contributed by atoms with E-state index in [2.05, 4.69) is 9.97 Å². The standard InChI is InChI=1S/C14H14N2O2/c1-7(2)14-15-10-8-5-3-4-6-9(8)12(17)13(18)11(10)16-14/h5-7H,3-4H2,1-2H3,(H,15,16). The fourth-order valence-electron chi connectivity index (χ4n) is 2.37. The van der Waals surface area contributed by atoms with E-state index in [-0.39, 0.29) is 5.92 Å². The third-order valence-corrected chi connectivity index (χ3v) is 3.36. The number of nitrogens with zero attached hydrogens (tertiary/aromatic N) is 1. The van der Waals surface area contributed by atoms with E-state index in [4.69, 9.17) is 0 Å². The van der Waals surface area contributed by atoms with Gasteiger partial charge in [0.05, 0.1) is 0 Å². The normalized spacial score (nSPS) is 18.4. The molecule has 1 aromatic rings. The fourth-order valence-corrected chi connectivity index (χ4v) is 2.37. The van der Waals surface area contributed by atoms with Crippen molar-refractivity contribution in [3.63, 3.8) is 0 Å². The van der Waals surface area contributed by atoms with Gasteiger partial charge in [0.15, 0.2) is 0 Å². The van der Waals surface area contributed by atoms with Crippen molar-refractivity contribution in [2.45, 2.75) is 32.6 Å². The Balaban J connectivity index is 2.23. The molecule has 1 aromatic heterocycles. The SMILES string of the molecule is CC(C)c1nc2c([nH]1)C(=O)C(=O)C1=CCCC=C12. The molecule has 1 heterocycles. The first-order chi connectivity index (χ1) is 8.59. The van der Waals surface area contributed by atoms with Gasteiger partial charge in [0.25, 0.3) is 5.78 Å². The van der Waals surface area contributed by atoms with Crippen LogP contribution in [0.25, 0.3) is 5.57 Å². The van der Waals surface area contributed by atoms with Gasteiger partial charge in [-0.2, -0.15) is 0 Å². The summed E-state index contributed by atoms with van der Waals surface area (Å²) in [7, 11) is 0. The molecule has 0 atom stereocenters. The molecular weight excluding hydrogens is 228 g/mol. The van der Waals surface area contributed by atoms with Gasteiger partial charge in [-0.25, -0.2) is 4.98 Å². The number of ketones is 2. The van der Waals surface area contributed by atoms with E-state index < -0.39 is 11.6 Å². The minimum absolute atomic E-state index is 0.204. The quantitative estimate of drug-likeness (QED) is 0.769. The molecule has 0 saturated carbocycles. The van der Waals surface area contributed by atoms with Crippen LogP contribution in [0, 0.1) is 0 Å². The number of carbonyl (C=O) groups is 2. The molecule has 0 radical (unpaired) electrons. The number of Topliss-reactive ketones (excluding diaryl/α,β-unsaturated/α-hetero) is 2. The van der Waals surface area contributed by atoms with E-state index in [0.717, 1.165) is 24.2 Å². The summed E-state index contributed by atoms with van der Waals surface area (Å²) < 4.78 is 0. The van der Waals surface area contributed by atoms with Gasteiger partial charge < -0.3 is 4.98 Å². The van der Waals surface area contributed by atoms with E-state index in [1.165, 1.54) is 0 Å². The summed E-state index contributed by atoms with van der Waals surface area (Å²) in [6.45, 7) is 4.01. The van der Waals surface area contributed by atoms with Crippen molar-refractivity contribution in [2.75, 3.05) is 0 Å². The first-order valence-electron chi connectivity index (χ1n) is 6.19. The second-order valence-electron chi connectivity index (χ2n) is 4.97. The fraction of sp³-hybridized carbons (Fsp3) is 0.357. The van der Waals surface area contributed by atoms with Crippen LogP contribution < -0.4 is 0 Å². The third kappa shape index (κ3) is 1.41. The van der Waals surface area contributed by atoms with Gasteiger partial charge in [0.2, 0.25) is 5.78 Å². The van der Waals surface area contributed by atoms with Gasteiger partial charge in [-0.05, 0) is 12.8 Å². The van der Waals surface area contributed by atoms with Crippen molar-refractivity contribution >= 4 is 17.1 Å². The smallest absolute Gasteiger partial charge is 0.251 e. The number of hydrogen-bond acceptors (Lipinski definition) is 3. The summed E-state index contributed by atoms with van der Waals surface area (Å²) in [6.07, 6.45) is 5.56. The molecule has 4 heteroatoms. The largest absolute Gasteiger partial charge is 0.338 e. The number of H-pyrrole nitrogens is 1. The lowest BCUT2D eigenvalue weighted by molar-refractivity contribution is -0.111. The van der Waals surface area contributed by atoms with Crippen LogP contribution in [0.4, 0.5) is 0 Å². The van der Waals surface area contributed by atoms with Gasteiger partial charge in [-0.15, -0.1) is 0 Å². The predicted molar refractivity (Wildman–Crippen MR) is 67.3 cm³/mol. The minimum Gasteiger partial charge on any atom is -0.338 e. The lowest BCUT2D eigenvalue weighted by atomic mass is 9.84. The monoisotopic (exact) mass is 242 g/mol. The number of fused-ring (bicyclic) bond motifs is 3. The number of imidazole rings is 1. The van der Waals surface area contributed by atoms with E-state index in [9.17, 15) is 9.59 Å². The number of carbonyl (C=O) groups excluding carboxylic acids is 2. The Labute approximate surface area is 105 Å². The highest BCUT2D eigenvalue weighted by Gasteiger charge is 2.36. The molecule has 0 amide bonds. The molecule has 0 fully saturated rings. The first-order valence-corrected chi connectivity index (χ1v) is 6.19. The van der Waals surface area contributed by atoms with Gasteiger partial charge in [-0.1, -0.05) is 26.0 Å². The summed E-state index contributed by atoms with van der Waals surface area (Å²) in [5.41, 5.74) is 2.35. The minimum atomic E-state index is -0.463. The maximum atomic E-state index is 12.0. The second-order valence-corrected chi connectivity index (χ2v) is 4.97. The van der Waals surface area contributed by atoms with Crippen molar-refractivity contribution in [1.29, 1.82) is 0 Å². The zero-order chi connectivity index (χ0) is 12.9. The number of allylic oxidation sites excluding steroid dienone is 4. The lowest BCUT2D eigenvalue weighted by Crippen LogP contribution is -2.25. The zero-order valence-electron chi connectivity index (χ0n) is 10.4. The first kappa shape index (κ1) is 11.1. The van der Waals surface area contributed by atoms with E-state index in [1.54, 1.807) is 0 Å². The lowest BCUT2D eigenvalue weighted by Gasteiger charge is -2.18. The van der Waals surface area contributed by atoms with Gasteiger partial charge in [0.1, 0.15) is 17.2 Å². The highest BCUT2D eigenvalue weighted by Crippen LogP contribution is 2.35. The number of hydrogen-bond donors (Lipinski definition) is 1. The van der Waals surface area contributed by atoms with Crippen LogP contribution in [0.15, 0.2) is 17.7 Å². The molecule has 3 rings (SSSR count). The molecule has 0 bridgehead atoms. The van der Waals surface area contributed by atoms with Crippen LogP contribution >= 0.6 is 0 Å². The molecular formula is C14H14N2O2. The average Bonchev–Trinajstić information content (AvgIpc) is 2.81. The molecule has 0 saturated heterocycles. The molecule has 2 aliphatic carbocycles. The van der Waals surface area contributed by atoms with Crippen LogP contribution in [0.1, 0.15) is 54.6 Å². The summed E-state index contributed by atoms with van der Waals surface area (Å²) in [5, 5.41) is 0. The maximum Gasteiger partial charge on any atom is 0.251 e. The number of rotatable bonds is 1. The number of aromatic amines is 1. The Hall–Kier alpha value is -1.97. The van der Waals surface area contributed by atoms with Crippen molar-refractivity contribution in [3.8, 4) is 0 Å². The topological polar surface area (TPSA) is 62.8 Å².